The van der Waals surface area contributed by atoms with Crippen molar-refractivity contribution >= 4 is 33.2 Å². The van der Waals surface area contributed by atoms with E-state index in [2.05, 4.69) is 199 Å². The zero-order valence-corrected chi connectivity index (χ0v) is 41.2. The van der Waals surface area contributed by atoms with E-state index in [9.17, 15) is 0 Å². The number of nitrogens with zero attached hydrogens (tertiary/aromatic N) is 4. The van der Waals surface area contributed by atoms with Crippen LogP contribution in [-0.4, -0.2) is 19.9 Å². The Bertz CT molecular complexity index is 3600. The van der Waals surface area contributed by atoms with E-state index in [-0.39, 0.29) is 10.8 Å². The van der Waals surface area contributed by atoms with Crippen LogP contribution in [0.5, 0.6) is 0 Å². The Morgan fingerprint density at radius 2 is 0.569 bits per heavy atom. The van der Waals surface area contributed by atoms with Gasteiger partial charge in [-0.05, 0) is 104 Å². The lowest BCUT2D eigenvalue weighted by atomic mass is 9.85. The van der Waals surface area contributed by atoms with Gasteiger partial charge in [0.2, 0.25) is 11.8 Å². The highest BCUT2D eigenvalue weighted by atomic mass is 16.4. The Labute approximate surface area is 419 Å². The summed E-state index contributed by atoms with van der Waals surface area (Å²) in [6.45, 7) is 13.5. The molecule has 0 amide bonds. The van der Waals surface area contributed by atoms with Crippen molar-refractivity contribution in [1.82, 2.24) is 19.9 Å². The topological polar surface area (TPSA) is 77.8 Å². The second-order valence-electron chi connectivity index (χ2n) is 20.7. The van der Waals surface area contributed by atoms with Gasteiger partial charge in [0.25, 0.3) is 0 Å². The summed E-state index contributed by atoms with van der Waals surface area (Å²) in [5.41, 5.74) is 21.6. The molecule has 0 atom stereocenters. The molecule has 12 rings (SSSR count). The van der Waals surface area contributed by atoms with E-state index in [0.29, 0.717) is 11.8 Å². The molecule has 0 fully saturated rings. The van der Waals surface area contributed by atoms with Gasteiger partial charge >= 0.3 is 0 Å². The minimum atomic E-state index is 0.0253. The fourth-order valence-electron chi connectivity index (χ4n) is 9.55. The summed E-state index contributed by atoms with van der Waals surface area (Å²) in [5.74, 6) is 1.22. The number of hydrogen-bond donors (Lipinski definition) is 0. The third-order valence-corrected chi connectivity index (χ3v) is 13.8. The lowest BCUT2D eigenvalue weighted by Crippen LogP contribution is -2.10. The van der Waals surface area contributed by atoms with E-state index >= 15 is 0 Å². The van der Waals surface area contributed by atoms with Crippen LogP contribution in [0.25, 0.3) is 123 Å². The molecule has 0 saturated carbocycles. The second-order valence-corrected chi connectivity index (χ2v) is 20.7. The highest BCUT2D eigenvalue weighted by molar-refractivity contribution is 6.03. The average Bonchev–Trinajstić information content (AvgIpc) is 4.06. The molecule has 0 radical (unpaired) electrons. The van der Waals surface area contributed by atoms with Crippen LogP contribution in [0.3, 0.4) is 0 Å². The number of benzene rings is 9. The van der Waals surface area contributed by atoms with Crippen LogP contribution in [-0.2, 0) is 10.8 Å². The molecule has 0 aliphatic rings. The molecule has 9 aromatic carbocycles. The lowest BCUT2D eigenvalue weighted by Gasteiger charge is -2.20. The molecule has 6 heteroatoms. The van der Waals surface area contributed by atoms with Crippen molar-refractivity contribution in [3.63, 3.8) is 0 Å². The van der Waals surface area contributed by atoms with Crippen LogP contribution in [0.2, 0.25) is 0 Å². The normalized spacial score (nSPS) is 12.0. The molecular weight excluding hydrogens is 881 g/mol. The van der Waals surface area contributed by atoms with Gasteiger partial charge in [-0.3, -0.25) is 0 Å². The largest absolute Gasteiger partial charge is 0.436 e. The number of para-hydroxylation sites is 4. The highest BCUT2D eigenvalue weighted by Gasteiger charge is 2.22. The summed E-state index contributed by atoms with van der Waals surface area (Å²) in [4.78, 5) is 20.9. The van der Waals surface area contributed by atoms with Crippen molar-refractivity contribution in [3.8, 4) is 89.9 Å². The molecule has 0 saturated heterocycles. The van der Waals surface area contributed by atoms with Crippen LogP contribution in [0, 0.1) is 0 Å². The van der Waals surface area contributed by atoms with Crippen LogP contribution < -0.4 is 0 Å². The van der Waals surface area contributed by atoms with Crippen molar-refractivity contribution in [2.75, 3.05) is 0 Å². The quantitative estimate of drug-likeness (QED) is 0.151. The zero-order chi connectivity index (χ0) is 49.1. The van der Waals surface area contributed by atoms with Crippen LogP contribution in [0.15, 0.2) is 215 Å². The first kappa shape index (κ1) is 44.5. The molecular formula is C66H52N4O2. The van der Waals surface area contributed by atoms with E-state index in [1.54, 1.807) is 0 Å². The smallest absolute Gasteiger partial charge is 0.227 e. The van der Waals surface area contributed by atoms with Gasteiger partial charge in [-0.15, -0.1) is 0 Å². The first-order valence-electron chi connectivity index (χ1n) is 24.6. The van der Waals surface area contributed by atoms with Gasteiger partial charge in [-0.1, -0.05) is 199 Å². The van der Waals surface area contributed by atoms with E-state index < -0.39 is 0 Å². The number of aromatic nitrogens is 4. The first-order valence-corrected chi connectivity index (χ1v) is 24.6. The number of fused-ring (bicyclic) bond motifs is 3. The SMILES string of the molecule is CC(C)(C)c1ccc(-c2ccc(-c3ccc(C(C)(C)C)cc3)c3nc(-c4ccc(-c5ccc(-c6nc7ccccc7o6)cc5)cc4)c(-c4ccc(-c5ccc(-c6nc7ccccc7o6)cc5)cc4)nc23)cc1. The number of oxazole rings is 2. The van der Waals surface area contributed by atoms with Crippen LogP contribution >= 0.6 is 0 Å². The number of rotatable bonds is 8. The van der Waals surface area contributed by atoms with Gasteiger partial charge in [0.15, 0.2) is 11.2 Å². The molecule has 348 valence electrons. The molecule has 3 heterocycles. The van der Waals surface area contributed by atoms with E-state index in [1.165, 1.54) is 11.1 Å². The third kappa shape index (κ3) is 8.45. The zero-order valence-electron chi connectivity index (χ0n) is 41.2. The Morgan fingerprint density at radius 3 is 0.889 bits per heavy atom. The van der Waals surface area contributed by atoms with Gasteiger partial charge in [0, 0.05) is 33.4 Å². The molecule has 3 aromatic heterocycles. The minimum Gasteiger partial charge on any atom is -0.436 e. The summed E-state index contributed by atoms with van der Waals surface area (Å²) in [5, 5.41) is 0. The van der Waals surface area contributed by atoms with E-state index in [4.69, 9.17) is 28.8 Å². The van der Waals surface area contributed by atoms with Crippen LogP contribution in [0.1, 0.15) is 52.7 Å². The van der Waals surface area contributed by atoms with Crippen molar-refractivity contribution in [3.05, 3.63) is 217 Å². The molecule has 0 spiro atoms. The standard InChI is InChI=1S/C66H52N4O2/c1-65(2,3)51-35-31-45(32-36-51)53-39-40-54(46-33-37-52(38-34-46)66(4,5)6)62-61(53)69-59(47-23-15-41(16-24-47)43-19-27-49(28-20-43)63-67-55-11-7-9-13-57(55)71-63)60(70-62)48-25-17-42(18-26-48)44-21-29-50(30-22-44)64-68-56-12-8-10-14-58(56)72-64/h7-40H,1-6H3. The fourth-order valence-corrected chi connectivity index (χ4v) is 9.55. The molecule has 12 aromatic rings. The summed E-state index contributed by atoms with van der Waals surface area (Å²) in [6, 6.07) is 72.2. The molecule has 0 N–H and O–H groups in total. The van der Waals surface area contributed by atoms with Crippen molar-refractivity contribution in [2.45, 2.75) is 52.4 Å². The molecule has 0 aliphatic carbocycles. The minimum absolute atomic E-state index is 0.0253. The first-order chi connectivity index (χ1) is 34.9. The highest BCUT2D eigenvalue weighted by Crippen LogP contribution is 2.41. The number of hydrogen-bond acceptors (Lipinski definition) is 6. The fraction of sp³-hybridized carbons (Fsp3) is 0.121. The molecule has 6 nitrogen and oxygen atoms in total. The Balaban J connectivity index is 0.973. The summed E-state index contributed by atoms with van der Waals surface area (Å²) < 4.78 is 12.1. The Hall–Kier alpha value is -8.74. The summed E-state index contributed by atoms with van der Waals surface area (Å²) in [6.07, 6.45) is 0. The predicted octanol–water partition coefficient (Wildman–Crippen LogP) is 17.8. The average molecular weight is 933 g/mol. The molecule has 0 unspecified atom stereocenters. The third-order valence-electron chi connectivity index (χ3n) is 13.8. The van der Waals surface area contributed by atoms with Gasteiger partial charge in [0.05, 0.1) is 22.4 Å². The molecule has 0 aliphatic heterocycles. The lowest BCUT2D eigenvalue weighted by molar-refractivity contribution is 0.590. The van der Waals surface area contributed by atoms with Gasteiger partial charge in [-0.25, -0.2) is 19.9 Å². The monoisotopic (exact) mass is 932 g/mol. The summed E-state index contributed by atoms with van der Waals surface area (Å²) >= 11 is 0. The maximum Gasteiger partial charge on any atom is 0.227 e. The van der Waals surface area contributed by atoms with E-state index in [1.807, 2.05) is 48.5 Å². The van der Waals surface area contributed by atoms with E-state index in [0.717, 1.165) is 111 Å². The van der Waals surface area contributed by atoms with Gasteiger partial charge < -0.3 is 8.83 Å². The van der Waals surface area contributed by atoms with Crippen LogP contribution in [0.4, 0.5) is 0 Å². The Kier molecular flexibility index (Phi) is 10.9. The summed E-state index contributed by atoms with van der Waals surface area (Å²) in [7, 11) is 0. The van der Waals surface area contributed by atoms with Crippen molar-refractivity contribution in [2.24, 2.45) is 0 Å². The van der Waals surface area contributed by atoms with Crippen molar-refractivity contribution < 1.29 is 8.83 Å². The van der Waals surface area contributed by atoms with Crippen molar-refractivity contribution in [1.29, 1.82) is 0 Å². The molecule has 0 bridgehead atoms. The maximum atomic E-state index is 6.07. The van der Waals surface area contributed by atoms with Gasteiger partial charge in [-0.2, -0.15) is 0 Å². The molecule has 72 heavy (non-hydrogen) atoms. The maximum absolute atomic E-state index is 6.07. The second kappa shape index (κ2) is 17.6. The predicted molar refractivity (Wildman–Crippen MR) is 296 cm³/mol. The Morgan fingerprint density at radius 1 is 0.278 bits per heavy atom. The van der Waals surface area contributed by atoms with Gasteiger partial charge in [0.1, 0.15) is 11.0 Å².